The van der Waals surface area contributed by atoms with Crippen LogP contribution in [0.3, 0.4) is 0 Å². The van der Waals surface area contributed by atoms with Crippen molar-refractivity contribution in [3.8, 4) is 11.3 Å². The van der Waals surface area contributed by atoms with Gasteiger partial charge in [0, 0.05) is 47.4 Å². The molecule has 1 aliphatic heterocycles. The van der Waals surface area contributed by atoms with E-state index in [1.54, 1.807) is 6.20 Å². The van der Waals surface area contributed by atoms with Gasteiger partial charge in [0.25, 0.3) is 0 Å². The van der Waals surface area contributed by atoms with Crippen LogP contribution in [0, 0.1) is 0 Å². The van der Waals surface area contributed by atoms with Gasteiger partial charge >= 0.3 is 5.97 Å². The van der Waals surface area contributed by atoms with Gasteiger partial charge in [-0.25, -0.2) is 4.79 Å². The lowest BCUT2D eigenvalue weighted by molar-refractivity contribution is -0.132. The summed E-state index contributed by atoms with van der Waals surface area (Å²) in [6.07, 6.45) is 10.5. The first-order chi connectivity index (χ1) is 14.2. The number of hydrogen-bond acceptors (Lipinski definition) is 4. The zero-order valence-electron chi connectivity index (χ0n) is 16.4. The number of fused-ring (bicyclic) bond motifs is 1. The van der Waals surface area contributed by atoms with Crippen molar-refractivity contribution in [3.05, 3.63) is 65.6 Å². The molecule has 2 aromatic heterocycles. The molecule has 0 atom stereocenters. The van der Waals surface area contributed by atoms with Crippen LogP contribution in [0.5, 0.6) is 0 Å². The van der Waals surface area contributed by atoms with E-state index in [-0.39, 0.29) is 5.97 Å². The van der Waals surface area contributed by atoms with Crippen LogP contribution in [0.4, 0.5) is 0 Å². The number of esters is 1. The van der Waals surface area contributed by atoms with E-state index >= 15 is 0 Å². The molecule has 1 saturated carbocycles. The zero-order chi connectivity index (χ0) is 19.8. The molecule has 0 bridgehead atoms. The maximum Gasteiger partial charge on any atom is 0.352 e. The number of allylic oxidation sites excluding steroid dienone is 2. The summed E-state index contributed by atoms with van der Waals surface area (Å²) >= 11 is 0. The first-order valence-electron chi connectivity index (χ1n) is 10.1. The minimum absolute atomic E-state index is 0.337. The van der Waals surface area contributed by atoms with Crippen molar-refractivity contribution in [3.63, 3.8) is 0 Å². The molecule has 2 aliphatic rings. The van der Waals surface area contributed by atoms with E-state index in [0.29, 0.717) is 24.5 Å². The summed E-state index contributed by atoms with van der Waals surface area (Å²) in [7, 11) is 1.40. The predicted molar refractivity (Wildman–Crippen MR) is 114 cm³/mol. The van der Waals surface area contributed by atoms with Gasteiger partial charge in [0.15, 0.2) is 0 Å². The zero-order valence-corrected chi connectivity index (χ0v) is 16.4. The Bertz CT molecular complexity index is 1140. The van der Waals surface area contributed by atoms with Crippen LogP contribution >= 0.6 is 0 Å². The second kappa shape index (κ2) is 7.32. The molecular weight excluding hydrogens is 362 g/mol. The van der Waals surface area contributed by atoms with Crippen LogP contribution in [0.15, 0.2) is 59.5 Å². The number of ether oxygens (including phenoxy) is 1. The van der Waals surface area contributed by atoms with Gasteiger partial charge in [-0.05, 0) is 54.5 Å². The number of hydrogen-bond donors (Lipinski definition) is 1. The van der Waals surface area contributed by atoms with Crippen molar-refractivity contribution in [2.45, 2.75) is 38.0 Å². The highest BCUT2D eigenvalue weighted by Crippen LogP contribution is 2.42. The van der Waals surface area contributed by atoms with Crippen molar-refractivity contribution in [2.75, 3.05) is 7.11 Å². The monoisotopic (exact) mass is 385 g/mol. The molecule has 5 nitrogen and oxygen atoms in total. The number of carbonyl (C=O) groups is 1. The summed E-state index contributed by atoms with van der Waals surface area (Å²) in [5.41, 5.74) is 7.29. The van der Waals surface area contributed by atoms with Gasteiger partial charge < -0.3 is 9.72 Å². The molecule has 146 valence electrons. The summed E-state index contributed by atoms with van der Waals surface area (Å²) in [5.74, 6) is 0.373. The number of pyridine rings is 1. The molecule has 5 heteroatoms. The summed E-state index contributed by atoms with van der Waals surface area (Å²) < 4.78 is 4.87. The molecule has 0 spiro atoms. The van der Waals surface area contributed by atoms with E-state index in [0.717, 1.165) is 28.9 Å². The number of nitrogens with zero attached hydrogens (tertiary/aromatic N) is 2. The van der Waals surface area contributed by atoms with Gasteiger partial charge in [0.1, 0.15) is 5.71 Å². The van der Waals surface area contributed by atoms with Crippen LogP contribution in [-0.2, 0) is 16.0 Å². The van der Waals surface area contributed by atoms with E-state index in [1.807, 2.05) is 12.3 Å². The Hall–Kier alpha value is -3.21. The van der Waals surface area contributed by atoms with Crippen molar-refractivity contribution < 1.29 is 9.53 Å². The Morgan fingerprint density at radius 3 is 2.93 bits per heavy atom. The first kappa shape index (κ1) is 17.9. The normalized spacial score (nSPS) is 16.4. The molecule has 0 amide bonds. The maximum absolute atomic E-state index is 11.9. The second-order valence-electron chi connectivity index (χ2n) is 7.76. The molecule has 0 unspecified atom stereocenters. The molecule has 0 radical (unpaired) electrons. The molecule has 1 N–H and O–H groups in total. The summed E-state index contributed by atoms with van der Waals surface area (Å²) in [6.45, 7) is 0. The number of carbonyl (C=O) groups excluding carboxylic acids is 1. The topological polar surface area (TPSA) is 67.3 Å². The average molecular weight is 385 g/mol. The summed E-state index contributed by atoms with van der Waals surface area (Å²) in [5, 5.41) is 1.20. The van der Waals surface area contributed by atoms with Crippen molar-refractivity contribution in [1.29, 1.82) is 0 Å². The van der Waals surface area contributed by atoms with Gasteiger partial charge in [-0.1, -0.05) is 18.2 Å². The number of aromatic amines is 1. The Morgan fingerprint density at radius 1 is 1.28 bits per heavy atom. The fourth-order valence-corrected chi connectivity index (χ4v) is 4.09. The Balaban J connectivity index is 1.59. The number of aliphatic imine (C=N–C) groups is 1. The van der Waals surface area contributed by atoms with E-state index in [9.17, 15) is 4.79 Å². The largest absolute Gasteiger partial charge is 0.465 e. The van der Waals surface area contributed by atoms with Gasteiger partial charge in [0.2, 0.25) is 0 Å². The highest BCUT2D eigenvalue weighted by Gasteiger charge is 2.25. The lowest BCUT2D eigenvalue weighted by Gasteiger charge is -2.12. The van der Waals surface area contributed by atoms with Crippen LogP contribution in [-0.4, -0.2) is 28.8 Å². The molecular formula is C24H23N3O2. The van der Waals surface area contributed by atoms with Crippen molar-refractivity contribution >= 4 is 22.6 Å². The quantitative estimate of drug-likeness (QED) is 0.633. The van der Waals surface area contributed by atoms with Crippen LogP contribution in [0.1, 0.15) is 42.7 Å². The molecule has 29 heavy (non-hydrogen) atoms. The number of aromatic nitrogens is 2. The highest BCUT2D eigenvalue weighted by atomic mass is 16.5. The number of methoxy groups -OCH3 is 1. The summed E-state index contributed by atoms with van der Waals surface area (Å²) in [6, 6.07) is 10.8. The van der Waals surface area contributed by atoms with Gasteiger partial charge in [-0.15, -0.1) is 0 Å². The van der Waals surface area contributed by atoms with Crippen LogP contribution in [0.25, 0.3) is 22.2 Å². The highest BCUT2D eigenvalue weighted by molar-refractivity contribution is 6.36. The lowest BCUT2D eigenvalue weighted by Crippen LogP contribution is -2.18. The standard InChI is InChI=1S/C24H23N3O2/c1-29-24(28)21-6-2-5-18(26-21)13-20-19-10-9-16(15-7-8-15)12-22(19)27-23(20)17-4-3-11-25-14-17/h3-5,9-12,14-15,27H,2,6-8,13H2,1H3. The second-order valence-corrected chi connectivity index (χ2v) is 7.76. The van der Waals surface area contributed by atoms with Gasteiger partial charge in [-0.2, -0.15) is 0 Å². The van der Waals surface area contributed by atoms with E-state index in [1.165, 1.54) is 36.5 Å². The molecule has 3 aromatic rings. The number of nitrogens with one attached hydrogen (secondary N) is 1. The van der Waals surface area contributed by atoms with Crippen LogP contribution < -0.4 is 0 Å². The molecule has 3 heterocycles. The van der Waals surface area contributed by atoms with Crippen molar-refractivity contribution in [2.24, 2.45) is 4.99 Å². The van der Waals surface area contributed by atoms with E-state index < -0.39 is 0 Å². The fourth-order valence-electron chi connectivity index (χ4n) is 4.09. The summed E-state index contributed by atoms with van der Waals surface area (Å²) in [4.78, 5) is 24.5. The van der Waals surface area contributed by atoms with E-state index in [2.05, 4.69) is 45.3 Å². The minimum atomic E-state index is -0.337. The molecule has 1 fully saturated rings. The SMILES string of the molecule is COC(=O)C1=NC(Cc2c(-c3cccnc3)[nH]c3cc(C4CC4)ccc23)=CCC1. The molecule has 0 saturated heterocycles. The average Bonchev–Trinajstić information content (AvgIpc) is 3.56. The Kier molecular flexibility index (Phi) is 4.51. The van der Waals surface area contributed by atoms with Gasteiger partial charge in [-0.3, -0.25) is 9.98 Å². The van der Waals surface area contributed by atoms with Gasteiger partial charge in [0.05, 0.1) is 12.8 Å². The minimum Gasteiger partial charge on any atom is -0.465 e. The third kappa shape index (κ3) is 3.48. The van der Waals surface area contributed by atoms with Crippen LogP contribution in [0.2, 0.25) is 0 Å². The Morgan fingerprint density at radius 2 is 2.17 bits per heavy atom. The molecule has 5 rings (SSSR count). The number of benzene rings is 1. The Labute approximate surface area is 169 Å². The third-order valence-corrected chi connectivity index (χ3v) is 5.75. The van der Waals surface area contributed by atoms with Crippen molar-refractivity contribution in [1.82, 2.24) is 9.97 Å². The lowest BCUT2D eigenvalue weighted by atomic mass is 9.99. The predicted octanol–water partition coefficient (Wildman–Crippen LogP) is 4.94. The molecule has 1 aliphatic carbocycles. The maximum atomic E-state index is 11.9. The number of H-pyrrole nitrogens is 1. The third-order valence-electron chi connectivity index (χ3n) is 5.75. The van der Waals surface area contributed by atoms with E-state index in [4.69, 9.17) is 4.74 Å². The number of rotatable bonds is 5. The fraction of sp³-hybridized carbons (Fsp3) is 0.292. The smallest absolute Gasteiger partial charge is 0.352 e. The molecule has 1 aromatic carbocycles. The first-order valence-corrected chi connectivity index (χ1v) is 10.1.